The van der Waals surface area contributed by atoms with Gasteiger partial charge in [-0.15, -0.1) is 0 Å². The molecule has 1 unspecified atom stereocenters. The Morgan fingerprint density at radius 3 is 2.70 bits per heavy atom. The molecule has 1 aliphatic heterocycles. The van der Waals surface area contributed by atoms with Crippen molar-refractivity contribution < 1.29 is 19.4 Å². The van der Waals surface area contributed by atoms with Gasteiger partial charge in [0.2, 0.25) is 0 Å². The Morgan fingerprint density at radius 1 is 1.35 bits per heavy atom. The van der Waals surface area contributed by atoms with Gasteiger partial charge < -0.3 is 14.6 Å². The molecule has 1 aromatic carbocycles. The molecule has 1 N–H and O–H groups in total. The molecule has 0 bridgehead atoms. The van der Waals surface area contributed by atoms with Crippen LogP contribution in [-0.4, -0.2) is 42.8 Å². The van der Waals surface area contributed by atoms with E-state index in [0.717, 1.165) is 24.9 Å². The molecule has 5 nitrogen and oxygen atoms in total. The number of carbonyl (C=O) groups is 1. The van der Waals surface area contributed by atoms with Gasteiger partial charge in [0.05, 0.1) is 0 Å². The maximum absolute atomic E-state index is 11.6. The topological polar surface area (TPSA) is 59.0 Å². The van der Waals surface area contributed by atoms with Crippen LogP contribution in [0.1, 0.15) is 31.4 Å². The molecule has 1 heterocycles. The molecular weight excluding hydrogens is 258 g/mol. The second-order valence-electron chi connectivity index (χ2n) is 4.98. The van der Waals surface area contributed by atoms with Crippen molar-refractivity contribution in [3.8, 4) is 11.5 Å². The van der Waals surface area contributed by atoms with Gasteiger partial charge in [0.1, 0.15) is 19.3 Å². The van der Waals surface area contributed by atoms with Crippen molar-refractivity contribution in [2.75, 3.05) is 26.8 Å². The second-order valence-corrected chi connectivity index (χ2v) is 4.98. The van der Waals surface area contributed by atoms with E-state index >= 15 is 0 Å². The maximum atomic E-state index is 11.6. The fourth-order valence-electron chi connectivity index (χ4n) is 2.35. The Kier molecular flexibility index (Phi) is 4.84. The Labute approximate surface area is 119 Å². The molecular formula is C15H21NO4. The van der Waals surface area contributed by atoms with Crippen molar-refractivity contribution >= 4 is 5.97 Å². The van der Waals surface area contributed by atoms with Gasteiger partial charge in [-0.25, -0.2) is 0 Å². The van der Waals surface area contributed by atoms with Gasteiger partial charge in [0.15, 0.2) is 11.5 Å². The number of ether oxygens (including phenoxy) is 2. The highest BCUT2D eigenvalue weighted by Gasteiger charge is 2.26. The summed E-state index contributed by atoms with van der Waals surface area (Å²) in [5, 5.41) is 9.49. The van der Waals surface area contributed by atoms with Crippen LogP contribution >= 0.6 is 0 Å². The van der Waals surface area contributed by atoms with Crippen molar-refractivity contribution in [2.24, 2.45) is 0 Å². The van der Waals surface area contributed by atoms with Gasteiger partial charge in [-0.2, -0.15) is 0 Å². The Balaban J connectivity index is 2.22. The average molecular weight is 279 g/mol. The summed E-state index contributed by atoms with van der Waals surface area (Å²) in [6.45, 7) is 3.88. The van der Waals surface area contributed by atoms with Crippen LogP contribution in [0.3, 0.4) is 0 Å². The number of nitrogens with zero attached hydrogens (tertiary/aromatic N) is 1. The number of likely N-dealkylation sites (N-methyl/N-ethyl adjacent to an activating group) is 1. The first-order chi connectivity index (χ1) is 9.63. The molecule has 0 aromatic heterocycles. The fourth-order valence-corrected chi connectivity index (χ4v) is 2.35. The highest BCUT2D eigenvalue weighted by atomic mass is 16.6. The van der Waals surface area contributed by atoms with Crippen LogP contribution in [-0.2, 0) is 4.79 Å². The van der Waals surface area contributed by atoms with Gasteiger partial charge in [0, 0.05) is 0 Å². The zero-order valence-electron chi connectivity index (χ0n) is 12.0. The van der Waals surface area contributed by atoms with E-state index in [2.05, 4.69) is 6.92 Å². The lowest BCUT2D eigenvalue weighted by molar-refractivity contribution is -0.143. The van der Waals surface area contributed by atoms with Crippen molar-refractivity contribution in [3.05, 3.63) is 23.8 Å². The highest BCUT2D eigenvalue weighted by Crippen LogP contribution is 2.34. The summed E-state index contributed by atoms with van der Waals surface area (Å²) < 4.78 is 11.0. The first-order valence-electron chi connectivity index (χ1n) is 6.96. The SMILES string of the molecule is CCCCN(C)C(C(=O)O)c1ccc2c(c1)OCCO2. The van der Waals surface area contributed by atoms with E-state index in [1.165, 1.54) is 0 Å². The van der Waals surface area contributed by atoms with E-state index in [1.54, 1.807) is 18.2 Å². The van der Waals surface area contributed by atoms with E-state index in [4.69, 9.17) is 9.47 Å². The van der Waals surface area contributed by atoms with E-state index < -0.39 is 12.0 Å². The van der Waals surface area contributed by atoms with Gasteiger partial charge in [-0.1, -0.05) is 19.4 Å². The average Bonchev–Trinajstić information content (AvgIpc) is 2.44. The first kappa shape index (κ1) is 14.7. The van der Waals surface area contributed by atoms with Crippen LogP contribution in [0.15, 0.2) is 18.2 Å². The number of rotatable bonds is 6. The number of benzene rings is 1. The molecule has 2 rings (SSSR count). The molecule has 0 fully saturated rings. The molecule has 110 valence electrons. The number of hydrogen-bond donors (Lipinski definition) is 1. The smallest absolute Gasteiger partial charge is 0.325 e. The zero-order chi connectivity index (χ0) is 14.5. The molecule has 5 heteroatoms. The molecule has 0 amide bonds. The number of hydrogen-bond acceptors (Lipinski definition) is 4. The van der Waals surface area contributed by atoms with Crippen molar-refractivity contribution in [3.63, 3.8) is 0 Å². The Hall–Kier alpha value is -1.75. The lowest BCUT2D eigenvalue weighted by atomic mass is 10.0. The van der Waals surface area contributed by atoms with Gasteiger partial charge in [-0.3, -0.25) is 9.69 Å². The Bertz CT molecular complexity index is 475. The van der Waals surface area contributed by atoms with Crippen LogP contribution in [0, 0.1) is 0 Å². The summed E-state index contributed by atoms with van der Waals surface area (Å²) in [6, 6.07) is 4.70. The standard InChI is InChI=1S/C15H21NO4/c1-3-4-7-16(2)14(15(17)18)11-5-6-12-13(10-11)20-9-8-19-12/h5-6,10,14H,3-4,7-9H2,1-2H3,(H,17,18). The summed E-state index contributed by atoms with van der Waals surface area (Å²) in [4.78, 5) is 13.4. The van der Waals surface area contributed by atoms with E-state index in [0.29, 0.717) is 24.7 Å². The number of carboxylic acids is 1. The molecule has 0 saturated carbocycles. The molecule has 0 spiro atoms. The van der Waals surface area contributed by atoms with E-state index in [-0.39, 0.29) is 0 Å². The summed E-state index contributed by atoms with van der Waals surface area (Å²) in [5.74, 6) is 0.463. The molecule has 0 aliphatic carbocycles. The third-order valence-electron chi connectivity index (χ3n) is 3.42. The van der Waals surface area contributed by atoms with Crippen LogP contribution in [0.2, 0.25) is 0 Å². The van der Waals surface area contributed by atoms with Gasteiger partial charge >= 0.3 is 5.97 Å². The van der Waals surface area contributed by atoms with Crippen molar-refractivity contribution in [1.82, 2.24) is 4.90 Å². The summed E-state index contributed by atoms with van der Waals surface area (Å²) in [7, 11) is 1.84. The van der Waals surface area contributed by atoms with Crippen LogP contribution in [0.25, 0.3) is 0 Å². The van der Waals surface area contributed by atoms with Gasteiger partial charge in [0.25, 0.3) is 0 Å². The summed E-state index contributed by atoms with van der Waals surface area (Å²) in [5.41, 5.74) is 0.723. The van der Waals surface area contributed by atoms with Crippen molar-refractivity contribution in [2.45, 2.75) is 25.8 Å². The van der Waals surface area contributed by atoms with Gasteiger partial charge in [-0.05, 0) is 37.7 Å². The van der Waals surface area contributed by atoms with E-state index in [1.807, 2.05) is 11.9 Å². The summed E-state index contributed by atoms with van der Waals surface area (Å²) in [6.07, 6.45) is 2.02. The molecule has 0 radical (unpaired) electrons. The minimum Gasteiger partial charge on any atom is -0.486 e. The first-order valence-corrected chi connectivity index (χ1v) is 6.96. The molecule has 1 atom stereocenters. The third-order valence-corrected chi connectivity index (χ3v) is 3.42. The third kappa shape index (κ3) is 3.22. The van der Waals surface area contributed by atoms with Crippen molar-refractivity contribution in [1.29, 1.82) is 0 Å². The minimum absolute atomic E-state index is 0.500. The normalized spacial score (nSPS) is 15.2. The van der Waals surface area contributed by atoms with Crippen LogP contribution < -0.4 is 9.47 Å². The predicted octanol–water partition coefficient (Wildman–Crippen LogP) is 2.32. The zero-order valence-corrected chi connectivity index (χ0v) is 12.0. The number of carboxylic acid groups (broad SMARTS) is 1. The second kappa shape index (κ2) is 6.61. The quantitative estimate of drug-likeness (QED) is 0.866. The molecule has 1 aromatic rings. The lowest BCUT2D eigenvalue weighted by Crippen LogP contribution is -2.31. The largest absolute Gasteiger partial charge is 0.486 e. The molecule has 0 saturated heterocycles. The molecule has 20 heavy (non-hydrogen) atoms. The minimum atomic E-state index is -0.847. The maximum Gasteiger partial charge on any atom is 0.325 e. The number of aliphatic carboxylic acids is 1. The lowest BCUT2D eigenvalue weighted by Gasteiger charge is -2.26. The molecule has 1 aliphatic rings. The van der Waals surface area contributed by atoms with E-state index in [9.17, 15) is 9.90 Å². The Morgan fingerprint density at radius 2 is 2.05 bits per heavy atom. The fraction of sp³-hybridized carbons (Fsp3) is 0.533. The summed E-state index contributed by atoms with van der Waals surface area (Å²) >= 11 is 0. The monoisotopic (exact) mass is 279 g/mol. The van der Waals surface area contributed by atoms with Crippen LogP contribution in [0.4, 0.5) is 0 Å². The predicted molar refractivity (Wildman–Crippen MR) is 75.3 cm³/mol. The number of fused-ring (bicyclic) bond motifs is 1. The highest BCUT2D eigenvalue weighted by molar-refractivity contribution is 5.76. The van der Waals surface area contributed by atoms with Crippen LogP contribution in [0.5, 0.6) is 11.5 Å². The number of unbranched alkanes of at least 4 members (excludes halogenated alkanes) is 1.